The van der Waals surface area contributed by atoms with Crippen molar-refractivity contribution in [1.82, 2.24) is 0 Å². The van der Waals surface area contributed by atoms with Crippen LogP contribution in [-0.4, -0.2) is 0 Å². The highest BCUT2D eigenvalue weighted by Gasteiger charge is 2.63. The minimum atomic E-state index is 1.13. The van der Waals surface area contributed by atoms with Crippen molar-refractivity contribution < 1.29 is 0 Å². The summed E-state index contributed by atoms with van der Waals surface area (Å²) in [5, 5.41) is 0. The van der Waals surface area contributed by atoms with E-state index in [2.05, 4.69) is 13.8 Å². The summed E-state index contributed by atoms with van der Waals surface area (Å²) in [5.74, 6) is 9.36. The Balaban J connectivity index is 1.62. The molecule has 8 atom stereocenters. The highest BCUT2D eigenvalue weighted by atomic mass is 14.7. The second kappa shape index (κ2) is 3.27. The fourth-order valence-corrected chi connectivity index (χ4v) is 6.81. The molecule has 0 aromatic carbocycles. The van der Waals surface area contributed by atoms with Crippen molar-refractivity contribution in [2.75, 3.05) is 0 Å². The van der Waals surface area contributed by atoms with E-state index in [1.54, 1.807) is 25.7 Å². The van der Waals surface area contributed by atoms with Gasteiger partial charge in [-0.3, -0.25) is 0 Å². The molecule has 0 heteroatoms. The van der Waals surface area contributed by atoms with Gasteiger partial charge < -0.3 is 0 Å². The van der Waals surface area contributed by atoms with Gasteiger partial charge in [0, 0.05) is 0 Å². The molecule has 0 amide bonds. The molecule has 0 saturated heterocycles. The summed E-state index contributed by atoms with van der Waals surface area (Å²) in [6.07, 6.45) is 9.44. The minimum absolute atomic E-state index is 1.13. The first-order chi connectivity index (χ1) is 7.83. The third-order valence-electron chi connectivity index (χ3n) is 7.14. The maximum absolute atomic E-state index is 2.43. The molecule has 0 aromatic rings. The number of hydrogen-bond donors (Lipinski definition) is 0. The number of hydrogen-bond acceptors (Lipinski definition) is 0. The van der Waals surface area contributed by atoms with E-state index >= 15 is 0 Å². The first-order valence-corrected chi connectivity index (χ1v) is 7.83. The fourth-order valence-electron chi connectivity index (χ4n) is 6.81. The van der Waals surface area contributed by atoms with Gasteiger partial charge in [-0.1, -0.05) is 26.7 Å². The lowest BCUT2D eigenvalue weighted by Gasteiger charge is -2.41. The lowest BCUT2D eigenvalue weighted by Crippen LogP contribution is -2.35. The Morgan fingerprint density at radius 3 is 1.50 bits per heavy atom. The zero-order valence-corrected chi connectivity index (χ0v) is 10.9. The number of fused-ring (bicyclic) bond motifs is 9. The van der Waals surface area contributed by atoms with Crippen LogP contribution in [-0.2, 0) is 0 Å². The summed E-state index contributed by atoms with van der Waals surface area (Å²) >= 11 is 0. The highest BCUT2D eigenvalue weighted by Crippen LogP contribution is 2.70. The maximum atomic E-state index is 2.43. The van der Waals surface area contributed by atoms with Gasteiger partial charge >= 0.3 is 0 Å². The van der Waals surface area contributed by atoms with Gasteiger partial charge in [0.2, 0.25) is 0 Å². The SMILES string of the molecule is CCC1CC2CC1C1C3CC(CC)C(C3)C21. The molecule has 4 aliphatic rings. The number of rotatable bonds is 2. The standard InChI is InChI=1S/C16H26/c1-3-9-5-11-7-13(9)15-12-6-10(4-2)14(8-12)16(11)15/h9-16H,3-8H2,1-2H3. The zero-order valence-electron chi connectivity index (χ0n) is 10.9. The van der Waals surface area contributed by atoms with E-state index in [-0.39, 0.29) is 0 Å². The average Bonchev–Trinajstić information content (AvgIpc) is 3.03. The second-order valence-electron chi connectivity index (χ2n) is 7.28. The lowest BCUT2D eigenvalue weighted by molar-refractivity contribution is 0.0720. The second-order valence-corrected chi connectivity index (χ2v) is 7.28. The maximum Gasteiger partial charge on any atom is -0.0321 e. The van der Waals surface area contributed by atoms with Crippen LogP contribution in [0.2, 0.25) is 0 Å². The van der Waals surface area contributed by atoms with Crippen LogP contribution >= 0.6 is 0 Å². The summed E-state index contributed by atoms with van der Waals surface area (Å²) in [7, 11) is 0. The van der Waals surface area contributed by atoms with E-state index in [0.717, 1.165) is 11.8 Å². The molecule has 0 spiro atoms. The van der Waals surface area contributed by atoms with Crippen molar-refractivity contribution in [3.8, 4) is 0 Å². The van der Waals surface area contributed by atoms with E-state index in [1.807, 2.05) is 0 Å². The molecule has 0 N–H and O–H groups in total. The van der Waals surface area contributed by atoms with Gasteiger partial charge in [-0.2, -0.15) is 0 Å². The quantitative estimate of drug-likeness (QED) is 0.604. The molecule has 8 unspecified atom stereocenters. The van der Waals surface area contributed by atoms with Crippen molar-refractivity contribution >= 4 is 0 Å². The van der Waals surface area contributed by atoms with E-state index in [4.69, 9.17) is 0 Å². The Morgan fingerprint density at radius 1 is 0.688 bits per heavy atom. The molecule has 0 heterocycles. The Kier molecular flexibility index (Phi) is 2.04. The Labute approximate surface area is 100 Å². The summed E-state index contributed by atoms with van der Waals surface area (Å²) in [6.45, 7) is 4.87. The van der Waals surface area contributed by atoms with Crippen LogP contribution in [0.5, 0.6) is 0 Å². The molecule has 4 fully saturated rings. The van der Waals surface area contributed by atoms with Gasteiger partial charge in [0.1, 0.15) is 0 Å². The van der Waals surface area contributed by atoms with Crippen molar-refractivity contribution in [2.24, 2.45) is 47.3 Å². The molecular formula is C16H26. The highest BCUT2D eigenvalue weighted by molar-refractivity contribution is 5.12. The zero-order chi connectivity index (χ0) is 10.9. The fraction of sp³-hybridized carbons (Fsp3) is 1.00. The molecule has 0 aromatic heterocycles. The van der Waals surface area contributed by atoms with Crippen molar-refractivity contribution in [2.45, 2.75) is 52.4 Å². The van der Waals surface area contributed by atoms with Crippen LogP contribution in [0.4, 0.5) is 0 Å². The van der Waals surface area contributed by atoms with E-state index < -0.39 is 0 Å². The molecule has 0 nitrogen and oxygen atoms in total. The van der Waals surface area contributed by atoms with Gasteiger partial charge in [-0.25, -0.2) is 0 Å². The van der Waals surface area contributed by atoms with Gasteiger partial charge in [-0.15, -0.1) is 0 Å². The first kappa shape index (κ1) is 9.97. The van der Waals surface area contributed by atoms with Gasteiger partial charge in [0.25, 0.3) is 0 Å². The molecule has 4 rings (SSSR count). The summed E-state index contributed by atoms with van der Waals surface area (Å²) in [6, 6.07) is 0. The summed E-state index contributed by atoms with van der Waals surface area (Å²) in [5.41, 5.74) is 0. The minimum Gasteiger partial charge on any atom is -0.0651 e. The molecule has 4 bridgehead atoms. The monoisotopic (exact) mass is 218 g/mol. The van der Waals surface area contributed by atoms with Crippen LogP contribution in [0.15, 0.2) is 0 Å². The first-order valence-electron chi connectivity index (χ1n) is 7.83. The van der Waals surface area contributed by atoms with Crippen molar-refractivity contribution in [3.05, 3.63) is 0 Å². The van der Waals surface area contributed by atoms with E-state index in [1.165, 1.54) is 48.3 Å². The van der Waals surface area contributed by atoms with Gasteiger partial charge in [0.05, 0.1) is 0 Å². The summed E-state index contributed by atoms with van der Waals surface area (Å²) in [4.78, 5) is 0. The van der Waals surface area contributed by atoms with Gasteiger partial charge in [0.15, 0.2) is 0 Å². The van der Waals surface area contributed by atoms with E-state index in [0.29, 0.717) is 0 Å². The van der Waals surface area contributed by atoms with Crippen molar-refractivity contribution in [3.63, 3.8) is 0 Å². The molecular weight excluding hydrogens is 192 g/mol. The smallest absolute Gasteiger partial charge is 0.0321 e. The Morgan fingerprint density at radius 2 is 1.12 bits per heavy atom. The van der Waals surface area contributed by atoms with Crippen LogP contribution in [0.25, 0.3) is 0 Å². The largest absolute Gasteiger partial charge is 0.0651 e. The van der Waals surface area contributed by atoms with Crippen molar-refractivity contribution in [1.29, 1.82) is 0 Å². The average molecular weight is 218 g/mol. The molecule has 4 saturated carbocycles. The molecule has 90 valence electrons. The van der Waals surface area contributed by atoms with Crippen LogP contribution in [0.3, 0.4) is 0 Å². The summed E-state index contributed by atoms with van der Waals surface area (Å²) < 4.78 is 0. The Bertz CT molecular complexity index is 264. The lowest BCUT2D eigenvalue weighted by atomic mass is 9.64. The topological polar surface area (TPSA) is 0 Å². The normalized spacial score (nSPS) is 61.9. The third-order valence-corrected chi connectivity index (χ3v) is 7.14. The van der Waals surface area contributed by atoms with Gasteiger partial charge in [-0.05, 0) is 73.0 Å². The Hall–Kier alpha value is 0. The van der Waals surface area contributed by atoms with Crippen LogP contribution in [0, 0.1) is 47.3 Å². The third kappa shape index (κ3) is 1.03. The molecule has 4 aliphatic carbocycles. The molecule has 0 aliphatic heterocycles. The van der Waals surface area contributed by atoms with Crippen LogP contribution < -0.4 is 0 Å². The van der Waals surface area contributed by atoms with E-state index in [9.17, 15) is 0 Å². The van der Waals surface area contributed by atoms with Crippen LogP contribution in [0.1, 0.15) is 52.4 Å². The molecule has 0 radical (unpaired) electrons. The predicted octanol–water partition coefficient (Wildman–Crippen LogP) is 4.35. The predicted molar refractivity (Wildman–Crippen MR) is 67.0 cm³/mol. The molecule has 16 heavy (non-hydrogen) atoms.